The molecular formula is C11H21NO4. The molecule has 94 valence electrons. The van der Waals surface area contributed by atoms with Crippen LogP contribution < -0.4 is 5.73 Å². The number of carboxylic acid groups (broad SMARTS) is 2. The second-order valence-electron chi connectivity index (χ2n) is 4.21. The lowest BCUT2D eigenvalue weighted by Gasteiger charge is -2.18. The van der Waals surface area contributed by atoms with E-state index in [1.165, 1.54) is 0 Å². The van der Waals surface area contributed by atoms with Crippen LogP contribution in [0, 0.1) is 5.92 Å². The third-order valence-electron chi connectivity index (χ3n) is 2.65. The Morgan fingerprint density at radius 3 is 2.19 bits per heavy atom. The van der Waals surface area contributed by atoms with Gasteiger partial charge in [0.05, 0.1) is 0 Å². The van der Waals surface area contributed by atoms with Gasteiger partial charge in [-0.2, -0.15) is 0 Å². The Labute approximate surface area is 95.6 Å². The predicted octanol–water partition coefficient (Wildman–Crippen LogP) is 1.46. The molecule has 0 amide bonds. The Morgan fingerprint density at radius 1 is 1.12 bits per heavy atom. The number of carbonyl (C=O) groups is 2. The summed E-state index contributed by atoms with van der Waals surface area (Å²) in [5, 5.41) is 17.1. The van der Waals surface area contributed by atoms with Crippen molar-refractivity contribution in [1.29, 1.82) is 0 Å². The van der Waals surface area contributed by atoms with Crippen LogP contribution in [-0.2, 0) is 9.59 Å². The van der Waals surface area contributed by atoms with E-state index < -0.39 is 11.9 Å². The van der Waals surface area contributed by atoms with E-state index in [1.807, 2.05) is 6.92 Å². The van der Waals surface area contributed by atoms with E-state index in [0.717, 1.165) is 19.3 Å². The van der Waals surface area contributed by atoms with Crippen molar-refractivity contribution >= 4 is 11.9 Å². The summed E-state index contributed by atoms with van der Waals surface area (Å²) in [6.07, 6.45) is 3.33. The first-order valence-electron chi connectivity index (χ1n) is 5.62. The number of rotatable bonds is 9. The molecule has 0 saturated heterocycles. The summed E-state index contributed by atoms with van der Waals surface area (Å²) in [5.74, 6) is -1.62. The Hall–Kier alpha value is -1.10. The van der Waals surface area contributed by atoms with Crippen molar-refractivity contribution in [1.82, 2.24) is 0 Å². The van der Waals surface area contributed by atoms with Crippen LogP contribution in [0.15, 0.2) is 0 Å². The molecule has 2 atom stereocenters. The first-order chi connectivity index (χ1) is 7.43. The zero-order valence-electron chi connectivity index (χ0n) is 9.69. The quantitative estimate of drug-likeness (QED) is 0.521. The summed E-state index contributed by atoms with van der Waals surface area (Å²) in [6.45, 7) is 1.81. The van der Waals surface area contributed by atoms with Crippen LogP contribution in [0.4, 0.5) is 0 Å². The van der Waals surface area contributed by atoms with E-state index >= 15 is 0 Å². The number of nitrogens with two attached hydrogens (primary N) is 1. The Bertz CT molecular complexity index is 228. The van der Waals surface area contributed by atoms with Crippen molar-refractivity contribution in [3.05, 3.63) is 0 Å². The SMILES string of the molecule is C[C@@H](N)[C@H](CCCCCC(=O)O)CC(=O)O. The highest BCUT2D eigenvalue weighted by molar-refractivity contribution is 5.67. The zero-order chi connectivity index (χ0) is 12.6. The molecule has 5 nitrogen and oxygen atoms in total. The molecule has 4 N–H and O–H groups in total. The smallest absolute Gasteiger partial charge is 0.303 e. The van der Waals surface area contributed by atoms with Gasteiger partial charge in [-0.25, -0.2) is 0 Å². The largest absolute Gasteiger partial charge is 0.481 e. The number of unbranched alkanes of at least 4 members (excludes halogenated alkanes) is 2. The van der Waals surface area contributed by atoms with Crippen LogP contribution in [-0.4, -0.2) is 28.2 Å². The average Bonchev–Trinajstić information content (AvgIpc) is 2.14. The third kappa shape index (κ3) is 8.23. The van der Waals surface area contributed by atoms with E-state index in [9.17, 15) is 9.59 Å². The molecule has 0 aromatic heterocycles. The molecule has 0 rings (SSSR count). The summed E-state index contributed by atoms with van der Waals surface area (Å²) >= 11 is 0. The molecule has 0 aliphatic carbocycles. The fraction of sp³-hybridized carbons (Fsp3) is 0.818. The standard InChI is InChI=1S/C11H21NO4/c1-8(12)9(7-11(15)16)5-3-2-4-6-10(13)14/h8-9H,2-7,12H2,1H3,(H,13,14)(H,15,16)/t8-,9-/m1/s1. The lowest BCUT2D eigenvalue weighted by Crippen LogP contribution is -2.28. The Kier molecular flexibility index (Phi) is 7.54. The summed E-state index contributed by atoms with van der Waals surface area (Å²) in [6, 6.07) is -0.129. The van der Waals surface area contributed by atoms with Gasteiger partial charge in [0, 0.05) is 18.9 Å². The van der Waals surface area contributed by atoms with Crippen LogP contribution in [0.1, 0.15) is 45.4 Å². The molecule has 5 heteroatoms. The molecule has 0 unspecified atom stereocenters. The molecule has 0 aromatic rings. The first kappa shape index (κ1) is 14.9. The number of hydrogen-bond acceptors (Lipinski definition) is 3. The molecular weight excluding hydrogens is 210 g/mol. The lowest BCUT2D eigenvalue weighted by atomic mass is 9.92. The second-order valence-corrected chi connectivity index (χ2v) is 4.21. The molecule has 0 fully saturated rings. The highest BCUT2D eigenvalue weighted by Gasteiger charge is 2.16. The van der Waals surface area contributed by atoms with Crippen LogP contribution >= 0.6 is 0 Å². The predicted molar refractivity (Wildman–Crippen MR) is 60.1 cm³/mol. The Morgan fingerprint density at radius 2 is 1.75 bits per heavy atom. The highest BCUT2D eigenvalue weighted by atomic mass is 16.4. The molecule has 0 radical (unpaired) electrons. The van der Waals surface area contributed by atoms with Gasteiger partial charge in [-0.3, -0.25) is 9.59 Å². The van der Waals surface area contributed by atoms with Crippen molar-refractivity contribution in [3.8, 4) is 0 Å². The van der Waals surface area contributed by atoms with Gasteiger partial charge >= 0.3 is 11.9 Å². The molecule has 0 aliphatic rings. The van der Waals surface area contributed by atoms with Gasteiger partial charge in [-0.15, -0.1) is 0 Å². The minimum Gasteiger partial charge on any atom is -0.481 e. The molecule has 0 aliphatic heterocycles. The summed E-state index contributed by atoms with van der Waals surface area (Å²) in [4.78, 5) is 20.8. The molecule has 0 saturated carbocycles. The van der Waals surface area contributed by atoms with Gasteiger partial charge in [0.25, 0.3) is 0 Å². The minimum atomic E-state index is -0.826. The topological polar surface area (TPSA) is 101 Å². The third-order valence-corrected chi connectivity index (χ3v) is 2.65. The van der Waals surface area contributed by atoms with E-state index in [4.69, 9.17) is 15.9 Å². The van der Waals surface area contributed by atoms with Crippen molar-refractivity contribution in [3.63, 3.8) is 0 Å². The van der Waals surface area contributed by atoms with Crippen LogP contribution in [0.5, 0.6) is 0 Å². The molecule has 0 aromatic carbocycles. The number of carboxylic acids is 2. The summed E-state index contributed by atoms with van der Waals surface area (Å²) < 4.78 is 0. The van der Waals surface area contributed by atoms with Gasteiger partial charge < -0.3 is 15.9 Å². The lowest BCUT2D eigenvalue weighted by molar-refractivity contribution is -0.138. The second kappa shape index (κ2) is 8.10. The molecule has 0 spiro atoms. The number of aliphatic carboxylic acids is 2. The highest BCUT2D eigenvalue weighted by Crippen LogP contribution is 2.17. The maximum Gasteiger partial charge on any atom is 0.303 e. The zero-order valence-corrected chi connectivity index (χ0v) is 9.69. The van der Waals surface area contributed by atoms with Crippen LogP contribution in [0.2, 0.25) is 0 Å². The molecule has 0 heterocycles. The number of hydrogen-bond donors (Lipinski definition) is 3. The molecule has 16 heavy (non-hydrogen) atoms. The van der Waals surface area contributed by atoms with Gasteiger partial charge in [0.15, 0.2) is 0 Å². The van der Waals surface area contributed by atoms with E-state index in [1.54, 1.807) is 0 Å². The van der Waals surface area contributed by atoms with Gasteiger partial charge in [0.2, 0.25) is 0 Å². The normalized spacial score (nSPS) is 14.4. The minimum absolute atomic E-state index is 0.0117. The van der Waals surface area contributed by atoms with E-state index in [-0.39, 0.29) is 24.8 Å². The van der Waals surface area contributed by atoms with E-state index in [0.29, 0.717) is 6.42 Å². The van der Waals surface area contributed by atoms with Crippen LogP contribution in [0.3, 0.4) is 0 Å². The summed E-state index contributed by atoms with van der Waals surface area (Å²) in [5.41, 5.74) is 5.69. The summed E-state index contributed by atoms with van der Waals surface area (Å²) in [7, 11) is 0. The maximum absolute atomic E-state index is 10.6. The van der Waals surface area contributed by atoms with Crippen molar-refractivity contribution in [2.75, 3.05) is 0 Å². The first-order valence-corrected chi connectivity index (χ1v) is 5.62. The van der Waals surface area contributed by atoms with Crippen molar-refractivity contribution < 1.29 is 19.8 Å². The fourth-order valence-corrected chi connectivity index (χ4v) is 1.63. The van der Waals surface area contributed by atoms with Crippen molar-refractivity contribution in [2.24, 2.45) is 11.7 Å². The monoisotopic (exact) mass is 231 g/mol. The Balaban J connectivity index is 3.68. The van der Waals surface area contributed by atoms with Crippen LogP contribution in [0.25, 0.3) is 0 Å². The fourth-order valence-electron chi connectivity index (χ4n) is 1.63. The van der Waals surface area contributed by atoms with Crippen molar-refractivity contribution in [2.45, 2.75) is 51.5 Å². The van der Waals surface area contributed by atoms with Gasteiger partial charge in [0.1, 0.15) is 0 Å². The maximum atomic E-state index is 10.6. The van der Waals surface area contributed by atoms with E-state index in [2.05, 4.69) is 0 Å². The average molecular weight is 231 g/mol. The van der Waals surface area contributed by atoms with Gasteiger partial charge in [-0.1, -0.05) is 12.8 Å². The molecule has 0 bridgehead atoms. The van der Waals surface area contributed by atoms with Gasteiger partial charge in [-0.05, 0) is 25.7 Å².